The number of fused-ring (bicyclic) bond motifs is 2. The van der Waals surface area contributed by atoms with Crippen LogP contribution in [0.4, 0.5) is 0 Å². The Hall–Kier alpha value is -0.0400. The molecule has 0 aliphatic heterocycles. The van der Waals surface area contributed by atoms with Crippen LogP contribution in [-0.2, 0) is 0 Å². The van der Waals surface area contributed by atoms with E-state index in [4.69, 9.17) is 0 Å². The first-order chi connectivity index (χ1) is 8.36. The maximum absolute atomic E-state index is 10.5. The van der Waals surface area contributed by atoms with Gasteiger partial charge >= 0.3 is 0 Å². The van der Waals surface area contributed by atoms with Crippen molar-refractivity contribution < 1.29 is 5.11 Å². The first kappa shape index (κ1) is 13.0. The van der Waals surface area contributed by atoms with Crippen LogP contribution in [0.5, 0.6) is 0 Å². The minimum Gasteiger partial charge on any atom is -0.393 e. The second-order valence-corrected chi connectivity index (χ2v) is 8.37. The Bertz CT molecular complexity index is 335. The first-order valence-electron chi connectivity index (χ1n) is 8.04. The van der Waals surface area contributed by atoms with Crippen molar-refractivity contribution in [2.75, 3.05) is 0 Å². The summed E-state index contributed by atoms with van der Waals surface area (Å²) in [6, 6.07) is 0. The molecular weight excluding hydrogens is 220 g/mol. The molecule has 6 atom stereocenters. The van der Waals surface area contributed by atoms with Crippen LogP contribution in [0, 0.1) is 34.5 Å². The van der Waals surface area contributed by atoms with Gasteiger partial charge in [0.25, 0.3) is 0 Å². The fraction of sp³-hybridized carbons (Fsp3) is 1.00. The molecule has 0 saturated heterocycles. The SMILES string of the molecule is CC1CCC([C@@H]2C[C@H]3CC[C@]2(C)C3(C)C)C(O)C1. The molecule has 0 aromatic rings. The summed E-state index contributed by atoms with van der Waals surface area (Å²) in [4.78, 5) is 0. The van der Waals surface area contributed by atoms with Gasteiger partial charge in [0.1, 0.15) is 0 Å². The molecule has 104 valence electrons. The molecule has 0 radical (unpaired) electrons. The second kappa shape index (κ2) is 3.98. The monoisotopic (exact) mass is 250 g/mol. The molecule has 3 unspecified atom stereocenters. The Morgan fingerprint density at radius 1 is 1.00 bits per heavy atom. The van der Waals surface area contributed by atoms with Gasteiger partial charge in [0.15, 0.2) is 0 Å². The van der Waals surface area contributed by atoms with Crippen molar-refractivity contribution in [3.8, 4) is 0 Å². The van der Waals surface area contributed by atoms with Gasteiger partial charge in [-0.3, -0.25) is 0 Å². The molecule has 2 bridgehead atoms. The summed E-state index contributed by atoms with van der Waals surface area (Å²) in [5.74, 6) is 3.03. The van der Waals surface area contributed by atoms with Crippen molar-refractivity contribution in [1.29, 1.82) is 0 Å². The maximum atomic E-state index is 10.5. The van der Waals surface area contributed by atoms with Crippen molar-refractivity contribution in [3.63, 3.8) is 0 Å². The lowest BCUT2D eigenvalue weighted by atomic mass is 9.60. The van der Waals surface area contributed by atoms with Gasteiger partial charge < -0.3 is 5.11 Å². The van der Waals surface area contributed by atoms with E-state index in [1.807, 2.05) is 0 Å². The molecule has 18 heavy (non-hydrogen) atoms. The Morgan fingerprint density at radius 3 is 2.22 bits per heavy atom. The lowest BCUT2D eigenvalue weighted by Gasteiger charge is -2.46. The summed E-state index contributed by atoms with van der Waals surface area (Å²) in [5.41, 5.74) is 0.990. The maximum Gasteiger partial charge on any atom is 0.0573 e. The van der Waals surface area contributed by atoms with Crippen molar-refractivity contribution >= 4 is 0 Å². The van der Waals surface area contributed by atoms with Crippen LogP contribution in [0.1, 0.15) is 66.2 Å². The quantitative estimate of drug-likeness (QED) is 0.738. The van der Waals surface area contributed by atoms with Gasteiger partial charge in [0.05, 0.1) is 6.10 Å². The molecule has 3 aliphatic rings. The van der Waals surface area contributed by atoms with Crippen LogP contribution in [0.2, 0.25) is 0 Å². The molecule has 0 amide bonds. The summed E-state index contributed by atoms with van der Waals surface area (Å²) in [6.07, 6.45) is 7.84. The molecule has 1 N–H and O–H groups in total. The lowest BCUT2D eigenvalue weighted by molar-refractivity contribution is -0.0318. The number of hydrogen-bond donors (Lipinski definition) is 1. The highest BCUT2D eigenvalue weighted by Crippen LogP contribution is 2.70. The minimum atomic E-state index is -0.0225. The van der Waals surface area contributed by atoms with E-state index in [2.05, 4.69) is 27.7 Å². The van der Waals surface area contributed by atoms with E-state index in [1.54, 1.807) is 0 Å². The van der Waals surface area contributed by atoms with E-state index in [0.29, 0.717) is 16.7 Å². The highest BCUT2D eigenvalue weighted by Gasteiger charge is 2.63. The predicted octanol–water partition coefficient (Wildman–Crippen LogP) is 4.25. The smallest absolute Gasteiger partial charge is 0.0573 e. The molecule has 0 aromatic carbocycles. The van der Waals surface area contributed by atoms with Gasteiger partial charge in [-0.2, -0.15) is 0 Å². The molecule has 0 aromatic heterocycles. The zero-order valence-electron chi connectivity index (χ0n) is 12.6. The number of rotatable bonds is 1. The summed E-state index contributed by atoms with van der Waals surface area (Å²) < 4.78 is 0. The topological polar surface area (TPSA) is 20.2 Å². The average Bonchev–Trinajstić information content (AvgIpc) is 2.61. The van der Waals surface area contributed by atoms with Gasteiger partial charge in [-0.25, -0.2) is 0 Å². The molecule has 3 fully saturated rings. The third kappa shape index (κ3) is 1.55. The average molecular weight is 250 g/mol. The van der Waals surface area contributed by atoms with E-state index in [1.165, 1.54) is 32.1 Å². The number of aliphatic hydroxyl groups is 1. The number of hydrogen-bond acceptors (Lipinski definition) is 1. The summed E-state index contributed by atoms with van der Waals surface area (Å²) in [6.45, 7) is 9.80. The zero-order valence-corrected chi connectivity index (χ0v) is 12.6. The standard InChI is InChI=1S/C17H30O/c1-11-5-6-13(15(18)9-11)14-10-12-7-8-17(14,4)16(12,2)3/h11-15,18H,5-10H2,1-4H3/t11?,12-,13?,14+,15?,17+/m1/s1. The molecule has 3 rings (SSSR count). The lowest BCUT2D eigenvalue weighted by Crippen LogP contribution is -2.42. The van der Waals surface area contributed by atoms with Gasteiger partial charge in [0, 0.05) is 0 Å². The summed E-state index contributed by atoms with van der Waals surface area (Å²) >= 11 is 0. The normalized spacial score (nSPS) is 54.8. The fourth-order valence-corrected chi connectivity index (χ4v) is 5.76. The highest BCUT2D eigenvalue weighted by atomic mass is 16.3. The van der Waals surface area contributed by atoms with Crippen LogP contribution in [0.25, 0.3) is 0 Å². The van der Waals surface area contributed by atoms with Crippen LogP contribution >= 0.6 is 0 Å². The van der Waals surface area contributed by atoms with Crippen LogP contribution < -0.4 is 0 Å². The fourth-order valence-electron chi connectivity index (χ4n) is 5.76. The Morgan fingerprint density at radius 2 is 1.72 bits per heavy atom. The van der Waals surface area contributed by atoms with Crippen molar-refractivity contribution in [2.45, 2.75) is 72.3 Å². The van der Waals surface area contributed by atoms with E-state index in [0.717, 1.165) is 24.2 Å². The van der Waals surface area contributed by atoms with Gasteiger partial charge in [0.2, 0.25) is 0 Å². The molecule has 3 saturated carbocycles. The van der Waals surface area contributed by atoms with E-state index in [9.17, 15) is 5.11 Å². The molecule has 3 aliphatic carbocycles. The number of aliphatic hydroxyl groups excluding tert-OH is 1. The highest BCUT2D eigenvalue weighted by molar-refractivity contribution is 5.12. The second-order valence-electron chi connectivity index (χ2n) is 8.37. The van der Waals surface area contributed by atoms with Crippen molar-refractivity contribution in [3.05, 3.63) is 0 Å². The minimum absolute atomic E-state index is 0.0225. The predicted molar refractivity (Wildman–Crippen MR) is 75.2 cm³/mol. The van der Waals surface area contributed by atoms with Crippen molar-refractivity contribution in [2.24, 2.45) is 34.5 Å². The molecular formula is C17H30O. The van der Waals surface area contributed by atoms with Gasteiger partial charge in [-0.15, -0.1) is 0 Å². The molecule has 0 heterocycles. The molecule has 0 spiro atoms. The molecule has 1 nitrogen and oxygen atoms in total. The van der Waals surface area contributed by atoms with Gasteiger partial charge in [-0.1, -0.05) is 34.1 Å². The van der Waals surface area contributed by atoms with Crippen LogP contribution in [0.15, 0.2) is 0 Å². The summed E-state index contributed by atoms with van der Waals surface area (Å²) in [5, 5.41) is 10.5. The third-order valence-corrected chi connectivity index (χ3v) is 7.51. The van der Waals surface area contributed by atoms with Gasteiger partial charge in [-0.05, 0) is 66.6 Å². The first-order valence-corrected chi connectivity index (χ1v) is 8.04. The molecule has 1 heteroatoms. The van der Waals surface area contributed by atoms with Crippen LogP contribution in [-0.4, -0.2) is 11.2 Å². The largest absolute Gasteiger partial charge is 0.393 e. The van der Waals surface area contributed by atoms with Crippen LogP contribution in [0.3, 0.4) is 0 Å². The Balaban J connectivity index is 1.83. The van der Waals surface area contributed by atoms with E-state index >= 15 is 0 Å². The Labute approximate surface area is 112 Å². The van der Waals surface area contributed by atoms with E-state index in [-0.39, 0.29) is 6.10 Å². The van der Waals surface area contributed by atoms with E-state index < -0.39 is 0 Å². The Kier molecular flexibility index (Phi) is 2.86. The summed E-state index contributed by atoms with van der Waals surface area (Å²) in [7, 11) is 0. The van der Waals surface area contributed by atoms with Crippen molar-refractivity contribution in [1.82, 2.24) is 0 Å². The zero-order chi connectivity index (χ0) is 13.1. The third-order valence-electron chi connectivity index (χ3n) is 7.51.